The molecule has 21 heavy (non-hydrogen) atoms. The van der Waals surface area contributed by atoms with Gasteiger partial charge in [0.05, 0.1) is 6.04 Å². The standard InChI is InChI=1S/C16H18N2O2S/c1-11(17)16(19)18-12-4-3-5-14(10-12)20-13-6-8-15(21-2)9-7-13/h3-11H,17H2,1-2H3,(H,18,19). The van der Waals surface area contributed by atoms with Crippen molar-refractivity contribution >= 4 is 23.4 Å². The van der Waals surface area contributed by atoms with Gasteiger partial charge in [0.25, 0.3) is 0 Å². The van der Waals surface area contributed by atoms with Gasteiger partial charge in [-0.2, -0.15) is 0 Å². The minimum atomic E-state index is -0.548. The molecule has 0 fully saturated rings. The lowest BCUT2D eigenvalue weighted by Crippen LogP contribution is -2.32. The molecule has 0 aromatic heterocycles. The molecule has 0 aliphatic heterocycles. The molecule has 1 atom stereocenters. The van der Waals surface area contributed by atoms with Gasteiger partial charge in [-0.05, 0) is 49.6 Å². The van der Waals surface area contributed by atoms with Gasteiger partial charge in [0.2, 0.25) is 5.91 Å². The Morgan fingerprint density at radius 2 is 1.90 bits per heavy atom. The van der Waals surface area contributed by atoms with Crippen LogP contribution in [0.25, 0.3) is 0 Å². The summed E-state index contributed by atoms with van der Waals surface area (Å²) in [5.41, 5.74) is 6.19. The lowest BCUT2D eigenvalue weighted by atomic mass is 10.2. The first kappa shape index (κ1) is 15.4. The van der Waals surface area contributed by atoms with Gasteiger partial charge in [0.1, 0.15) is 11.5 Å². The summed E-state index contributed by atoms with van der Waals surface area (Å²) in [6.45, 7) is 1.64. The average Bonchev–Trinajstić information content (AvgIpc) is 2.48. The Kier molecular flexibility index (Phi) is 5.25. The molecule has 110 valence electrons. The van der Waals surface area contributed by atoms with Crippen LogP contribution in [0.15, 0.2) is 53.4 Å². The van der Waals surface area contributed by atoms with E-state index in [-0.39, 0.29) is 5.91 Å². The number of nitrogens with two attached hydrogens (primary N) is 1. The van der Waals surface area contributed by atoms with Gasteiger partial charge in [-0.15, -0.1) is 11.8 Å². The molecule has 1 amide bonds. The van der Waals surface area contributed by atoms with E-state index in [1.165, 1.54) is 4.90 Å². The Morgan fingerprint density at radius 3 is 2.52 bits per heavy atom. The van der Waals surface area contributed by atoms with E-state index < -0.39 is 6.04 Å². The van der Waals surface area contributed by atoms with Gasteiger partial charge in [0.15, 0.2) is 0 Å². The van der Waals surface area contributed by atoms with Crippen molar-refractivity contribution < 1.29 is 9.53 Å². The van der Waals surface area contributed by atoms with Crippen molar-refractivity contribution in [3.63, 3.8) is 0 Å². The summed E-state index contributed by atoms with van der Waals surface area (Å²) in [6.07, 6.45) is 2.03. The second-order valence-corrected chi connectivity index (χ2v) is 5.46. The van der Waals surface area contributed by atoms with Crippen molar-refractivity contribution in [1.29, 1.82) is 0 Å². The third kappa shape index (κ3) is 4.51. The maximum atomic E-state index is 11.6. The number of anilines is 1. The minimum Gasteiger partial charge on any atom is -0.457 e. The van der Waals surface area contributed by atoms with E-state index in [9.17, 15) is 4.79 Å². The summed E-state index contributed by atoms with van der Waals surface area (Å²) in [5.74, 6) is 1.19. The molecule has 0 spiro atoms. The molecule has 4 nitrogen and oxygen atoms in total. The predicted molar refractivity (Wildman–Crippen MR) is 87.0 cm³/mol. The molecule has 0 heterocycles. The smallest absolute Gasteiger partial charge is 0.241 e. The highest BCUT2D eigenvalue weighted by Crippen LogP contribution is 2.26. The quantitative estimate of drug-likeness (QED) is 0.830. The normalized spacial score (nSPS) is 11.8. The summed E-state index contributed by atoms with van der Waals surface area (Å²) in [5, 5.41) is 2.74. The summed E-state index contributed by atoms with van der Waals surface area (Å²) in [4.78, 5) is 12.8. The first-order chi connectivity index (χ1) is 10.1. The van der Waals surface area contributed by atoms with E-state index in [2.05, 4.69) is 5.32 Å². The second-order valence-electron chi connectivity index (χ2n) is 4.58. The highest BCUT2D eigenvalue weighted by molar-refractivity contribution is 7.98. The maximum absolute atomic E-state index is 11.6. The summed E-state index contributed by atoms with van der Waals surface area (Å²) in [7, 11) is 0. The monoisotopic (exact) mass is 302 g/mol. The number of thioether (sulfide) groups is 1. The molecule has 2 aromatic rings. The number of hydrogen-bond donors (Lipinski definition) is 2. The van der Waals surface area contributed by atoms with Crippen LogP contribution in [0.3, 0.4) is 0 Å². The van der Waals surface area contributed by atoms with Gasteiger partial charge in [-0.25, -0.2) is 0 Å². The lowest BCUT2D eigenvalue weighted by Gasteiger charge is -2.10. The number of carbonyl (C=O) groups is 1. The Hall–Kier alpha value is -1.98. The molecule has 0 radical (unpaired) electrons. The van der Waals surface area contributed by atoms with Crippen LogP contribution in [0.4, 0.5) is 5.69 Å². The number of rotatable bonds is 5. The van der Waals surface area contributed by atoms with Crippen molar-refractivity contribution in [2.75, 3.05) is 11.6 Å². The number of amides is 1. The summed E-state index contributed by atoms with van der Waals surface area (Å²) < 4.78 is 5.77. The van der Waals surface area contributed by atoms with Gasteiger partial charge < -0.3 is 15.8 Å². The van der Waals surface area contributed by atoms with Gasteiger partial charge in [0, 0.05) is 16.6 Å². The first-order valence-corrected chi connectivity index (χ1v) is 7.79. The zero-order chi connectivity index (χ0) is 15.2. The zero-order valence-electron chi connectivity index (χ0n) is 12.0. The summed E-state index contributed by atoms with van der Waals surface area (Å²) >= 11 is 1.68. The Balaban J connectivity index is 2.08. The number of benzene rings is 2. The fourth-order valence-corrected chi connectivity index (χ4v) is 2.08. The van der Waals surface area contributed by atoms with Crippen LogP contribution in [0.1, 0.15) is 6.92 Å². The van der Waals surface area contributed by atoms with Crippen molar-refractivity contribution in [3.05, 3.63) is 48.5 Å². The molecule has 2 rings (SSSR count). The highest BCUT2D eigenvalue weighted by Gasteiger charge is 2.08. The fourth-order valence-electron chi connectivity index (χ4n) is 1.67. The minimum absolute atomic E-state index is 0.225. The van der Waals surface area contributed by atoms with Crippen LogP contribution in [-0.4, -0.2) is 18.2 Å². The highest BCUT2D eigenvalue weighted by atomic mass is 32.2. The molecule has 0 aliphatic rings. The molecule has 0 bridgehead atoms. The van der Waals surface area contributed by atoms with E-state index in [0.29, 0.717) is 11.4 Å². The van der Waals surface area contributed by atoms with Crippen LogP contribution in [-0.2, 0) is 4.79 Å². The van der Waals surface area contributed by atoms with Crippen LogP contribution >= 0.6 is 11.8 Å². The van der Waals surface area contributed by atoms with E-state index in [1.807, 2.05) is 42.7 Å². The van der Waals surface area contributed by atoms with Crippen LogP contribution in [0.2, 0.25) is 0 Å². The van der Waals surface area contributed by atoms with Crippen molar-refractivity contribution in [2.24, 2.45) is 5.73 Å². The Morgan fingerprint density at radius 1 is 1.19 bits per heavy atom. The Labute approximate surface area is 128 Å². The van der Waals surface area contributed by atoms with Crippen molar-refractivity contribution in [2.45, 2.75) is 17.9 Å². The topological polar surface area (TPSA) is 64.3 Å². The molecule has 3 N–H and O–H groups in total. The largest absolute Gasteiger partial charge is 0.457 e. The summed E-state index contributed by atoms with van der Waals surface area (Å²) in [6, 6.07) is 14.5. The number of hydrogen-bond acceptors (Lipinski definition) is 4. The maximum Gasteiger partial charge on any atom is 0.241 e. The van der Waals surface area contributed by atoms with Crippen molar-refractivity contribution in [3.8, 4) is 11.5 Å². The number of carbonyl (C=O) groups excluding carboxylic acids is 1. The zero-order valence-corrected chi connectivity index (χ0v) is 12.8. The molecule has 0 saturated carbocycles. The molecular formula is C16H18N2O2S. The first-order valence-electron chi connectivity index (χ1n) is 6.57. The van der Waals surface area contributed by atoms with E-state index >= 15 is 0 Å². The third-order valence-electron chi connectivity index (χ3n) is 2.81. The molecule has 2 aromatic carbocycles. The Bertz CT molecular complexity index is 612. The third-order valence-corrected chi connectivity index (χ3v) is 3.55. The van der Waals surface area contributed by atoms with Crippen LogP contribution in [0, 0.1) is 0 Å². The number of nitrogens with one attached hydrogen (secondary N) is 1. The molecule has 5 heteroatoms. The van der Waals surface area contributed by atoms with Crippen molar-refractivity contribution in [1.82, 2.24) is 0 Å². The van der Waals surface area contributed by atoms with Crippen LogP contribution < -0.4 is 15.8 Å². The lowest BCUT2D eigenvalue weighted by molar-refractivity contribution is -0.117. The molecule has 0 aliphatic carbocycles. The van der Waals surface area contributed by atoms with E-state index in [1.54, 1.807) is 30.8 Å². The van der Waals surface area contributed by atoms with Crippen LogP contribution in [0.5, 0.6) is 11.5 Å². The number of ether oxygens (including phenoxy) is 1. The molecule has 0 saturated heterocycles. The molecule has 1 unspecified atom stereocenters. The average molecular weight is 302 g/mol. The predicted octanol–water partition coefficient (Wildman–Crippen LogP) is 3.49. The van der Waals surface area contributed by atoms with E-state index in [0.717, 1.165) is 5.75 Å². The van der Waals surface area contributed by atoms with E-state index in [4.69, 9.17) is 10.5 Å². The second kappa shape index (κ2) is 7.15. The van der Waals surface area contributed by atoms with Gasteiger partial charge in [-0.1, -0.05) is 6.07 Å². The fraction of sp³-hybridized carbons (Fsp3) is 0.188. The van der Waals surface area contributed by atoms with Gasteiger partial charge in [-0.3, -0.25) is 4.79 Å². The SMILES string of the molecule is CSc1ccc(Oc2cccc(NC(=O)C(C)N)c2)cc1. The molecular weight excluding hydrogens is 284 g/mol. The van der Waals surface area contributed by atoms with Gasteiger partial charge >= 0.3 is 0 Å².